The standard InChI is InChI=1S/C9H17NO4/c1-3-4-5-14-8(11)6-7(10-2)9(12)13/h7,10H,3-6H2,1-2H3,(H,12,13)/t7-/m1/s1. The van der Waals surface area contributed by atoms with E-state index in [0.29, 0.717) is 6.61 Å². The molecule has 0 rings (SSSR count). The van der Waals surface area contributed by atoms with Crippen LogP contribution in [0.25, 0.3) is 0 Å². The van der Waals surface area contributed by atoms with Gasteiger partial charge in [0.25, 0.3) is 0 Å². The van der Waals surface area contributed by atoms with Crippen molar-refractivity contribution in [1.82, 2.24) is 5.32 Å². The van der Waals surface area contributed by atoms with Crippen molar-refractivity contribution in [2.75, 3.05) is 13.7 Å². The van der Waals surface area contributed by atoms with Crippen molar-refractivity contribution in [2.45, 2.75) is 32.2 Å². The van der Waals surface area contributed by atoms with Gasteiger partial charge in [0, 0.05) is 0 Å². The van der Waals surface area contributed by atoms with E-state index in [0.717, 1.165) is 12.8 Å². The van der Waals surface area contributed by atoms with E-state index >= 15 is 0 Å². The fourth-order valence-electron chi connectivity index (χ4n) is 0.869. The van der Waals surface area contributed by atoms with Gasteiger partial charge in [0.05, 0.1) is 13.0 Å². The molecule has 5 heteroatoms. The number of carbonyl (C=O) groups is 2. The summed E-state index contributed by atoms with van der Waals surface area (Å²) in [6.45, 7) is 2.35. The van der Waals surface area contributed by atoms with Crippen LogP contribution in [0.2, 0.25) is 0 Å². The Hall–Kier alpha value is -1.10. The lowest BCUT2D eigenvalue weighted by Gasteiger charge is -2.10. The fraction of sp³-hybridized carbons (Fsp3) is 0.778. The Morgan fingerprint density at radius 2 is 2.14 bits per heavy atom. The predicted molar refractivity (Wildman–Crippen MR) is 51.0 cm³/mol. The van der Waals surface area contributed by atoms with Crippen LogP contribution in [0.15, 0.2) is 0 Å². The lowest BCUT2D eigenvalue weighted by Crippen LogP contribution is -2.36. The molecule has 2 N–H and O–H groups in total. The highest BCUT2D eigenvalue weighted by Gasteiger charge is 2.19. The van der Waals surface area contributed by atoms with Crippen LogP contribution in [-0.4, -0.2) is 36.7 Å². The van der Waals surface area contributed by atoms with Crippen LogP contribution < -0.4 is 5.32 Å². The summed E-state index contributed by atoms with van der Waals surface area (Å²) in [5.74, 6) is -1.51. The van der Waals surface area contributed by atoms with Crippen molar-refractivity contribution in [3.8, 4) is 0 Å². The minimum atomic E-state index is -1.04. The van der Waals surface area contributed by atoms with Gasteiger partial charge in [-0.25, -0.2) is 0 Å². The van der Waals surface area contributed by atoms with Crippen molar-refractivity contribution in [3.05, 3.63) is 0 Å². The number of hydrogen-bond acceptors (Lipinski definition) is 4. The lowest BCUT2D eigenvalue weighted by atomic mass is 10.2. The Bertz CT molecular complexity index is 193. The van der Waals surface area contributed by atoms with Gasteiger partial charge in [-0.05, 0) is 13.5 Å². The Kier molecular flexibility index (Phi) is 6.74. The number of esters is 1. The van der Waals surface area contributed by atoms with Crippen LogP contribution in [-0.2, 0) is 14.3 Å². The second-order valence-corrected chi connectivity index (χ2v) is 2.96. The molecule has 0 heterocycles. The van der Waals surface area contributed by atoms with E-state index in [9.17, 15) is 9.59 Å². The summed E-state index contributed by atoms with van der Waals surface area (Å²) in [6, 6.07) is -0.857. The van der Waals surface area contributed by atoms with Gasteiger partial charge in [0.15, 0.2) is 0 Å². The van der Waals surface area contributed by atoms with Crippen molar-refractivity contribution in [1.29, 1.82) is 0 Å². The molecule has 0 amide bonds. The Morgan fingerprint density at radius 1 is 1.50 bits per heavy atom. The molecule has 82 valence electrons. The number of carboxylic acids is 1. The largest absolute Gasteiger partial charge is 0.480 e. The third-order valence-electron chi connectivity index (χ3n) is 1.78. The van der Waals surface area contributed by atoms with Crippen LogP contribution in [0.4, 0.5) is 0 Å². The third kappa shape index (κ3) is 5.53. The number of carboxylic acid groups (broad SMARTS) is 1. The number of carbonyl (C=O) groups excluding carboxylic acids is 1. The Labute approximate surface area is 83.4 Å². The summed E-state index contributed by atoms with van der Waals surface area (Å²) in [5.41, 5.74) is 0. The molecule has 5 nitrogen and oxygen atoms in total. The highest BCUT2D eigenvalue weighted by Crippen LogP contribution is 1.96. The van der Waals surface area contributed by atoms with Gasteiger partial charge in [-0.15, -0.1) is 0 Å². The summed E-state index contributed by atoms with van der Waals surface area (Å²) in [7, 11) is 1.50. The van der Waals surface area contributed by atoms with Crippen LogP contribution in [0.1, 0.15) is 26.2 Å². The number of nitrogens with one attached hydrogen (secondary N) is 1. The van der Waals surface area contributed by atoms with Crippen LogP contribution in [0, 0.1) is 0 Å². The summed E-state index contributed by atoms with van der Waals surface area (Å²) >= 11 is 0. The first-order valence-corrected chi connectivity index (χ1v) is 4.67. The average molecular weight is 203 g/mol. The van der Waals surface area contributed by atoms with Crippen molar-refractivity contribution in [3.63, 3.8) is 0 Å². The normalized spacial score (nSPS) is 12.1. The zero-order valence-electron chi connectivity index (χ0n) is 8.58. The highest BCUT2D eigenvalue weighted by atomic mass is 16.5. The summed E-state index contributed by atoms with van der Waals surface area (Å²) in [5, 5.41) is 11.1. The van der Waals surface area contributed by atoms with Crippen molar-refractivity contribution in [2.24, 2.45) is 0 Å². The van der Waals surface area contributed by atoms with E-state index in [2.05, 4.69) is 5.32 Å². The quantitative estimate of drug-likeness (QED) is 0.462. The molecule has 0 aliphatic heterocycles. The summed E-state index contributed by atoms with van der Waals surface area (Å²) in [4.78, 5) is 21.6. The molecule has 0 aromatic heterocycles. The molecule has 0 spiro atoms. The fourth-order valence-corrected chi connectivity index (χ4v) is 0.869. The zero-order valence-corrected chi connectivity index (χ0v) is 8.58. The van der Waals surface area contributed by atoms with Gasteiger partial charge in [0.2, 0.25) is 0 Å². The van der Waals surface area contributed by atoms with E-state index in [-0.39, 0.29) is 6.42 Å². The van der Waals surface area contributed by atoms with Crippen LogP contribution >= 0.6 is 0 Å². The van der Waals surface area contributed by atoms with Crippen molar-refractivity contribution < 1.29 is 19.4 Å². The van der Waals surface area contributed by atoms with E-state index in [4.69, 9.17) is 9.84 Å². The van der Waals surface area contributed by atoms with E-state index < -0.39 is 18.0 Å². The number of unbranched alkanes of at least 4 members (excludes halogenated alkanes) is 1. The second-order valence-electron chi connectivity index (χ2n) is 2.96. The van der Waals surface area contributed by atoms with Crippen LogP contribution in [0.5, 0.6) is 0 Å². The summed E-state index contributed by atoms with van der Waals surface area (Å²) in [6.07, 6.45) is 1.63. The van der Waals surface area contributed by atoms with Gasteiger partial charge >= 0.3 is 11.9 Å². The first-order valence-electron chi connectivity index (χ1n) is 4.67. The molecular weight excluding hydrogens is 186 g/mol. The maximum Gasteiger partial charge on any atom is 0.321 e. The molecule has 0 saturated carbocycles. The molecule has 0 fully saturated rings. The predicted octanol–water partition coefficient (Wildman–Crippen LogP) is 0.392. The smallest absolute Gasteiger partial charge is 0.321 e. The van der Waals surface area contributed by atoms with E-state index in [1.807, 2.05) is 6.92 Å². The molecule has 0 aromatic carbocycles. The minimum Gasteiger partial charge on any atom is -0.480 e. The van der Waals surface area contributed by atoms with Gasteiger partial charge in [0.1, 0.15) is 6.04 Å². The molecular formula is C9H17NO4. The maximum atomic E-state index is 11.1. The number of aliphatic carboxylic acids is 1. The van der Waals surface area contributed by atoms with E-state index in [1.54, 1.807) is 0 Å². The van der Waals surface area contributed by atoms with Gasteiger partial charge in [-0.3, -0.25) is 9.59 Å². The molecule has 0 aromatic rings. The topological polar surface area (TPSA) is 75.6 Å². The van der Waals surface area contributed by atoms with Crippen LogP contribution in [0.3, 0.4) is 0 Å². The number of rotatable bonds is 7. The first kappa shape index (κ1) is 12.9. The third-order valence-corrected chi connectivity index (χ3v) is 1.78. The molecule has 0 bridgehead atoms. The molecule has 1 atom stereocenters. The monoisotopic (exact) mass is 203 g/mol. The van der Waals surface area contributed by atoms with Crippen molar-refractivity contribution >= 4 is 11.9 Å². The van der Waals surface area contributed by atoms with E-state index in [1.165, 1.54) is 7.05 Å². The Morgan fingerprint density at radius 3 is 2.57 bits per heavy atom. The first-order chi connectivity index (χ1) is 6.61. The highest BCUT2D eigenvalue weighted by molar-refractivity contribution is 5.81. The summed E-state index contributed by atoms with van der Waals surface area (Å²) < 4.78 is 4.82. The number of ether oxygens (including phenoxy) is 1. The van der Waals surface area contributed by atoms with Gasteiger partial charge in [-0.1, -0.05) is 13.3 Å². The number of likely N-dealkylation sites (N-methyl/N-ethyl adjacent to an activating group) is 1. The molecule has 0 unspecified atom stereocenters. The minimum absolute atomic E-state index is 0.129. The molecule has 14 heavy (non-hydrogen) atoms. The lowest BCUT2D eigenvalue weighted by molar-refractivity contribution is -0.149. The van der Waals surface area contributed by atoms with Gasteiger partial charge < -0.3 is 15.2 Å². The molecule has 0 saturated heterocycles. The maximum absolute atomic E-state index is 11.1. The average Bonchev–Trinajstić information content (AvgIpc) is 2.14. The molecule has 0 aliphatic carbocycles. The number of hydrogen-bond donors (Lipinski definition) is 2. The molecule has 0 aliphatic rings. The SMILES string of the molecule is CCCCOC(=O)C[C@@H](NC)C(=O)O. The molecule has 0 radical (unpaired) electrons. The Balaban J connectivity index is 3.74. The second kappa shape index (κ2) is 7.32. The van der Waals surface area contributed by atoms with Gasteiger partial charge in [-0.2, -0.15) is 0 Å². The zero-order chi connectivity index (χ0) is 11.0.